The first-order chi connectivity index (χ1) is 15.9. The average molecular weight is 499 g/mol. The Morgan fingerprint density at radius 1 is 1.32 bits per heavy atom. The Hall–Kier alpha value is -3.34. The van der Waals surface area contributed by atoms with Crippen molar-refractivity contribution in [2.45, 2.75) is 44.8 Å². The number of thiophene rings is 1. The van der Waals surface area contributed by atoms with Gasteiger partial charge in [-0.25, -0.2) is 9.36 Å². The van der Waals surface area contributed by atoms with Gasteiger partial charge in [-0.05, 0) is 25.8 Å². The van der Waals surface area contributed by atoms with Crippen molar-refractivity contribution in [3.63, 3.8) is 0 Å². The van der Waals surface area contributed by atoms with Crippen molar-refractivity contribution in [3.05, 3.63) is 34.0 Å². The first kappa shape index (κ1) is 23.8. The third-order valence-electron chi connectivity index (χ3n) is 5.33. The summed E-state index contributed by atoms with van der Waals surface area (Å²) >= 11 is 0.944. The Bertz CT molecular complexity index is 1290. The van der Waals surface area contributed by atoms with E-state index in [1.165, 1.54) is 6.07 Å². The molecule has 3 aromatic heterocycles. The maximum Gasteiger partial charge on any atom is 0.422 e. The van der Waals surface area contributed by atoms with E-state index < -0.39 is 29.2 Å². The molecule has 8 nitrogen and oxygen atoms in total. The minimum absolute atomic E-state index is 0.0779. The molecule has 0 radical (unpaired) electrons. The fourth-order valence-corrected chi connectivity index (χ4v) is 4.59. The van der Waals surface area contributed by atoms with Gasteiger partial charge in [-0.2, -0.15) is 32.3 Å². The molecule has 3 aromatic rings. The molecule has 3 heterocycles. The third kappa shape index (κ3) is 4.15. The monoisotopic (exact) mass is 499 g/mol. The van der Waals surface area contributed by atoms with E-state index >= 15 is 0 Å². The maximum absolute atomic E-state index is 13.9. The van der Waals surface area contributed by atoms with Crippen LogP contribution in [-0.4, -0.2) is 48.2 Å². The lowest BCUT2D eigenvalue weighted by Gasteiger charge is -2.19. The molecule has 0 bridgehead atoms. The summed E-state index contributed by atoms with van der Waals surface area (Å²) in [6.45, 7) is 2.64. The summed E-state index contributed by atoms with van der Waals surface area (Å²) in [7, 11) is 1.09. The fourth-order valence-electron chi connectivity index (χ4n) is 3.69. The minimum atomic E-state index is -5.13. The average Bonchev–Trinajstić information content (AvgIpc) is 3.14. The number of hydrogen-bond acceptors (Lipinski definition) is 6. The van der Waals surface area contributed by atoms with Crippen LogP contribution in [0.1, 0.15) is 53.2 Å². The van der Waals surface area contributed by atoms with Crippen LogP contribution in [0.25, 0.3) is 16.4 Å². The molecule has 180 valence electrons. The van der Waals surface area contributed by atoms with Crippen LogP contribution in [0.2, 0.25) is 0 Å². The van der Waals surface area contributed by atoms with E-state index in [1.807, 2.05) is 13.0 Å². The van der Waals surface area contributed by atoms with Crippen LogP contribution in [0.5, 0.6) is 0 Å². The van der Waals surface area contributed by atoms with Crippen LogP contribution < -0.4 is 0 Å². The molecule has 14 heteroatoms. The second-order valence-corrected chi connectivity index (χ2v) is 8.95. The highest BCUT2D eigenvalue weighted by Gasteiger charge is 2.47. The molecule has 0 spiro atoms. The summed E-state index contributed by atoms with van der Waals surface area (Å²) in [5, 5.41) is 20.4. The van der Waals surface area contributed by atoms with Crippen molar-refractivity contribution in [1.29, 1.82) is 5.26 Å². The SMILES string of the molecule is CCN(C(=O)c1cc(-c2cn(-c3c(C(F)(F)F)c(C(C)(F)F)nn3C)nn2)sc1C#N)C1CC1. The van der Waals surface area contributed by atoms with Gasteiger partial charge in [0, 0.05) is 26.6 Å². The lowest BCUT2D eigenvalue weighted by Crippen LogP contribution is -2.32. The molecule has 1 saturated carbocycles. The molecular formula is C20H18F5N7OS. The summed E-state index contributed by atoms with van der Waals surface area (Å²) in [5.74, 6) is -4.89. The van der Waals surface area contributed by atoms with Gasteiger partial charge < -0.3 is 4.90 Å². The summed E-state index contributed by atoms with van der Waals surface area (Å²) in [6.07, 6.45) is -2.24. The lowest BCUT2D eigenvalue weighted by atomic mass is 10.1. The molecule has 0 aromatic carbocycles. The smallest absolute Gasteiger partial charge is 0.336 e. The number of nitriles is 1. The van der Waals surface area contributed by atoms with E-state index in [0.29, 0.717) is 27.7 Å². The normalized spacial score (nSPS) is 14.3. The number of nitrogens with zero attached hydrogens (tertiary/aromatic N) is 7. The quantitative estimate of drug-likeness (QED) is 0.470. The van der Waals surface area contributed by atoms with Gasteiger partial charge >= 0.3 is 6.18 Å². The molecule has 1 aliphatic carbocycles. The standard InChI is InChI=1S/C20H18F5N7OS/c1-4-31(10-5-6-10)18(33)11-7-13(34-14(11)8-26)12-9-32(29-27-12)17-15(20(23,24)25)16(19(2,21)22)28-30(17)3/h7,9-10H,4-6H2,1-3H3. The van der Waals surface area contributed by atoms with E-state index in [9.17, 15) is 32.0 Å². The van der Waals surface area contributed by atoms with Crippen molar-refractivity contribution in [2.75, 3.05) is 6.54 Å². The highest BCUT2D eigenvalue weighted by Crippen LogP contribution is 2.42. The first-order valence-corrected chi connectivity index (χ1v) is 11.0. The zero-order chi connectivity index (χ0) is 25.0. The summed E-state index contributed by atoms with van der Waals surface area (Å²) in [4.78, 5) is 15.1. The molecule has 34 heavy (non-hydrogen) atoms. The number of carbonyl (C=O) groups excluding carboxylic acids is 1. The van der Waals surface area contributed by atoms with E-state index in [4.69, 9.17) is 0 Å². The van der Waals surface area contributed by atoms with Crippen LogP contribution in [-0.2, 0) is 19.1 Å². The fraction of sp³-hybridized carbons (Fsp3) is 0.450. The van der Waals surface area contributed by atoms with Gasteiger partial charge in [0.05, 0.1) is 16.6 Å². The number of alkyl halides is 5. The van der Waals surface area contributed by atoms with Crippen LogP contribution in [0.3, 0.4) is 0 Å². The van der Waals surface area contributed by atoms with Crippen molar-refractivity contribution < 1.29 is 26.7 Å². The summed E-state index contributed by atoms with van der Waals surface area (Å²) < 4.78 is 70.2. The van der Waals surface area contributed by atoms with Gasteiger partial charge in [0.25, 0.3) is 11.8 Å². The molecule has 0 unspecified atom stereocenters. The van der Waals surface area contributed by atoms with Gasteiger partial charge in [0.15, 0.2) is 5.82 Å². The predicted molar refractivity (Wildman–Crippen MR) is 110 cm³/mol. The Morgan fingerprint density at radius 2 is 2.00 bits per heavy atom. The van der Waals surface area contributed by atoms with Gasteiger partial charge in [-0.1, -0.05) is 5.21 Å². The van der Waals surface area contributed by atoms with Crippen LogP contribution in [0, 0.1) is 11.3 Å². The molecule has 1 fully saturated rings. The molecular weight excluding hydrogens is 481 g/mol. The second-order valence-electron chi connectivity index (χ2n) is 7.89. The third-order valence-corrected chi connectivity index (χ3v) is 6.39. The lowest BCUT2D eigenvalue weighted by molar-refractivity contribution is -0.141. The van der Waals surface area contributed by atoms with E-state index in [1.54, 1.807) is 4.90 Å². The van der Waals surface area contributed by atoms with Gasteiger partial charge in [0.2, 0.25) is 0 Å². The zero-order valence-electron chi connectivity index (χ0n) is 18.2. The largest absolute Gasteiger partial charge is 0.422 e. The highest BCUT2D eigenvalue weighted by atomic mass is 32.1. The Labute approximate surface area is 194 Å². The van der Waals surface area contributed by atoms with Crippen LogP contribution >= 0.6 is 11.3 Å². The highest BCUT2D eigenvalue weighted by molar-refractivity contribution is 7.16. The molecule has 0 aliphatic heterocycles. The van der Waals surface area contributed by atoms with Gasteiger partial charge in [0.1, 0.15) is 27.9 Å². The second kappa shape index (κ2) is 8.15. The predicted octanol–water partition coefficient (Wildman–Crippen LogP) is 4.36. The molecule has 0 N–H and O–H groups in total. The molecule has 0 atom stereocenters. The topological polar surface area (TPSA) is 92.6 Å². The Morgan fingerprint density at radius 3 is 2.53 bits per heavy atom. The zero-order valence-corrected chi connectivity index (χ0v) is 19.0. The summed E-state index contributed by atoms with van der Waals surface area (Å²) in [6, 6.07) is 3.55. The van der Waals surface area contributed by atoms with Crippen molar-refractivity contribution in [1.82, 2.24) is 29.7 Å². The number of halogens is 5. The van der Waals surface area contributed by atoms with E-state index in [0.717, 1.165) is 37.4 Å². The van der Waals surface area contributed by atoms with Crippen molar-refractivity contribution in [2.24, 2.45) is 7.05 Å². The number of rotatable bonds is 6. The summed E-state index contributed by atoms with van der Waals surface area (Å²) in [5.41, 5.74) is -2.80. The van der Waals surface area contributed by atoms with Crippen LogP contribution in [0.4, 0.5) is 22.0 Å². The maximum atomic E-state index is 13.9. The molecule has 4 rings (SSSR count). The molecule has 1 amide bonds. The Kier molecular flexibility index (Phi) is 5.71. The number of amides is 1. The van der Waals surface area contributed by atoms with Crippen molar-refractivity contribution >= 4 is 17.2 Å². The number of aryl methyl sites for hydroxylation is 1. The van der Waals surface area contributed by atoms with Gasteiger partial charge in [-0.15, -0.1) is 16.4 Å². The number of aromatic nitrogens is 5. The molecule has 1 aliphatic rings. The first-order valence-electron chi connectivity index (χ1n) is 10.2. The van der Waals surface area contributed by atoms with E-state index in [2.05, 4.69) is 15.4 Å². The van der Waals surface area contributed by atoms with Gasteiger partial charge in [-0.3, -0.25) is 4.79 Å². The van der Waals surface area contributed by atoms with E-state index in [-0.39, 0.29) is 28.1 Å². The Balaban J connectivity index is 1.76. The number of carbonyl (C=O) groups is 1. The van der Waals surface area contributed by atoms with Crippen molar-refractivity contribution in [3.8, 4) is 22.5 Å². The minimum Gasteiger partial charge on any atom is -0.336 e. The number of hydrogen-bond donors (Lipinski definition) is 0. The van der Waals surface area contributed by atoms with Crippen LogP contribution in [0.15, 0.2) is 12.3 Å². The molecule has 0 saturated heterocycles.